The molecule has 1 atom stereocenters. The molecule has 2 aliphatic rings. The van der Waals surface area contributed by atoms with E-state index in [-0.39, 0.29) is 22.8 Å². The van der Waals surface area contributed by atoms with Gasteiger partial charge in [-0.25, -0.2) is 0 Å². The van der Waals surface area contributed by atoms with Gasteiger partial charge in [-0.3, -0.25) is 14.4 Å². The van der Waals surface area contributed by atoms with Crippen LogP contribution in [-0.4, -0.2) is 35.8 Å². The first-order chi connectivity index (χ1) is 10.9. The summed E-state index contributed by atoms with van der Waals surface area (Å²) in [5.74, 6) is -0.431. The van der Waals surface area contributed by atoms with Crippen LogP contribution < -0.4 is 16.2 Å². The first-order valence-electron chi connectivity index (χ1n) is 8.17. The van der Waals surface area contributed by atoms with Gasteiger partial charge in [0.2, 0.25) is 0 Å². The standard InChI is InChI=1S/C17H23N3O3/c1-17(2)7-13-11(14(21)8-17)6-12(16(23)20-13)15(22)19-9-10-4-3-5-18-10/h6,10,18H,3-5,7-9H2,1-2H3,(H,19,22)(H,20,23). The lowest BCUT2D eigenvalue weighted by Gasteiger charge is -2.29. The van der Waals surface area contributed by atoms with Crippen molar-refractivity contribution in [3.63, 3.8) is 0 Å². The molecule has 23 heavy (non-hydrogen) atoms. The highest BCUT2D eigenvalue weighted by atomic mass is 16.2. The Bertz CT molecular complexity index is 700. The van der Waals surface area contributed by atoms with E-state index in [1.165, 1.54) is 6.07 Å². The second-order valence-corrected chi connectivity index (χ2v) is 7.35. The molecule has 3 N–H and O–H groups in total. The fraction of sp³-hybridized carbons (Fsp3) is 0.588. The van der Waals surface area contributed by atoms with Crippen molar-refractivity contribution in [3.8, 4) is 0 Å². The van der Waals surface area contributed by atoms with Gasteiger partial charge in [0.05, 0.1) is 0 Å². The molecular weight excluding hydrogens is 294 g/mol. The zero-order valence-corrected chi connectivity index (χ0v) is 13.6. The molecule has 3 rings (SSSR count). The van der Waals surface area contributed by atoms with Gasteiger partial charge >= 0.3 is 0 Å². The molecule has 2 heterocycles. The molecule has 0 saturated carbocycles. The smallest absolute Gasteiger partial charge is 0.261 e. The van der Waals surface area contributed by atoms with Crippen molar-refractivity contribution in [1.29, 1.82) is 0 Å². The average Bonchev–Trinajstić information content (AvgIpc) is 2.96. The zero-order chi connectivity index (χ0) is 16.6. The number of hydrogen-bond acceptors (Lipinski definition) is 4. The van der Waals surface area contributed by atoms with E-state index in [0.29, 0.717) is 30.6 Å². The molecular formula is C17H23N3O3. The number of carbonyl (C=O) groups excluding carboxylic acids is 2. The summed E-state index contributed by atoms with van der Waals surface area (Å²) in [5, 5.41) is 6.08. The number of carbonyl (C=O) groups is 2. The van der Waals surface area contributed by atoms with Gasteiger partial charge in [-0.1, -0.05) is 13.8 Å². The summed E-state index contributed by atoms with van der Waals surface area (Å²) in [5.41, 5.74) is 0.560. The molecule has 1 saturated heterocycles. The lowest BCUT2D eigenvalue weighted by molar-refractivity contribution is 0.0910. The number of nitrogens with one attached hydrogen (secondary N) is 3. The number of ketones is 1. The van der Waals surface area contributed by atoms with Crippen molar-refractivity contribution in [2.45, 2.75) is 45.6 Å². The molecule has 1 amide bonds. The fourth-order valence-electron chi connectivity index (χ4n) is 3.44. The summed E-state index contributed by atoms with van der Waals surface area (Å²) in [6, 6.07) is 1.72. The SMILES string of the molecule is CC1(C)CC(=O)c2cc(C(=O)NCC3CCCN3)c(=O)[nH]c2C1. The van der Waals surface area contributed by atoms with Crippen LogP contribution in [0.5, 0.6) is 0 Å². The first-order valence-corrected chi connectivity index (χ1v) is 8.17. The maximum Gasteiger partial charge on any atom is 0.261 e. The Hall–Kier alpha value is -1.95. The molecule has 1 aromatic heterocycles. The Labute approximate surface area is 135 Å². The largest absolute Gasteiger partial charge is 0.350 e. The second-order valence-electron chi connectivity index (χ2n) is 7.35. The number of Topliss-reactive ketones (excluding diaryl/α,β-unsaturated/α-hetero) is 1. The average molecular weight is 317 g/mol. The number of rotatable bonds is 3. The van der Waals surface area contributed by atoms with Gasteiger partial charge in [-0.15, -0.1) is 0 Å². The van der Waals surface area contributed by atoms with E-state index in [1.54, 1.807) is 0 Å². The van der Waals surface area contributed by atoms with Gasteiger partial charge in [-0.05, 0) is 37.3 Å². The van der Waals surface area contributed by atoms with Gasteiger partial charge in [-0.2, -0.15) is 0 Å². The summed E-state index contributed by atoms with van der Waals surface area (Å²) in [6.07, 6.45) is 3.19. The van der Waals surface area contributed by atoms with Crippen LogP contribution in [0.15, 0.2) is 10.9 Å². The normalized spacial score (nSPS) is 22.7. The monoisotopic (exact) mass is 317 g/mol. The minimum absolute atomic E-state index is 0.0148. The molecule has 6 nitrogen and oxygen atoms in total. The van der Waals surface area contributed by atoms with Crippen LogP contribution in [0.2, 0.25) is 0 Å². The predicted molar refractivity (Wildman–Crippen MR) is 86.9 cm³/mol. The zero-order valence-electron chi connectivity index (χ0n) is 13.6. The quantitative estimate of drug-likeness (QED) is 0.776. The van der Waals surface area contributed by atoms with Gasteiger partial charge in [0, 0.05) is 30.3 Å². The lowest BCUT2D eigenvalue weighted by Crippen LogP contribution is -2.40. The number of pyridine rings is 1. The number of amides is 1. The number of hydrogen-bond donors (Lipinski definition) is 3. The Morgan fingerprint density at radius 1 is 1.35 bits per heavy atom. The van der Waals surface area contributed by atoms with E-state index < -0.39 is 11.5 Å². The van der Waals surface area contributed by atoms with Crippen molar-refractivity contribution in [2.24, 2.45) is 5.41 Å². The summed E-state index contributed by atoms with van der Waals surface area (Å²) < 4.78 is 0. The van der Waals surface area contributed by atoms with Crippen molar-refractivity contribution < 1.29 is 9.59 Å². The Balaban J connectivity index is 1.80. The molecule has 124 valence electrons. The van der Waals surface area contributed by atoms with Gasteiger partial charge in [0.25, 0.3) is 11.5 Å². The lowest BCUT2D eigenvalue weighted by atomic mass is 9.75. The summed E-state index contributed by atoms with van der Waals surface area (Å²) in [6.45, 7) is 5.46. The maximum atomic E-state index is 12.3. The fourth-order valence-corrected chi connectivity index (χ4v) is 3.44. The highest BCUT2D eigenvalue weighted by molar-refractivity contribution is 6.02. The first kappa shape index (κ1) is 15.9. The van der Waals surface area contributed by atoms with E-state index in [4.69, 9.17) is 0 Å². The molecule has 1 aromatic rings. The Morgan fingerprint density at radius 2 is 2.13 bits per heavy atom. The molecule has 0 bridgehead atoms. The van der Waals surface area contributed by atoms with Crippen LogP contribution in [0.1, 0.15) is 59.5 Å². The third kappa shape index (κ3) is 3.37. The number of aromatic nitrogens is 1. The molecule has 6 heteroatoms. The topological polar surface area (TPSA) is 91.1 Å². The molecule has 1 aliphatic carbocycles. The Morgan fingerprint density at radius 3 is 2.83 bits per heavy atom. The van der Waals surface area contributed by atoms with Crippen LogP contribution >= 0.6 is 0 Å². The Kier molecular flexibility index (Phi) is 4.10. The van der Waals surface area contributed by atoms with E-state index in [1.807, 2.05) is 13.8 Å². The van der Waals surface area contributed by atoms with Crippen molar-refractivity contribution >= 4 is 11.7 Å². The van der Waals surface area contributed by atoms with Gasteiger partial charge < -0.3 is 15.6 Å². The summed E-state index contributed by atoms with van der Waals surface area (Å²) >= 11 is 0. The number of H-pyrrole nitrogens is 1. The van der Waals surface area contributed by atoms with Gasteiger partial charge in [0.1, 0.15) is 5.56 Å². The van der Waals surface area contributed by atoms with Crippen LogP contribution in [0.3, 0.4) is 0 Å². The molecule has 1 aliphatic heterocycles. The molecule has 1 fully saturated rings. The minimum atomic E-state index is -0.425. The number of fused-ring (bicyclic) bond motifs is 1. The minimum Gasteiger partial charge on any atom is -0.350 e. The van der Waals surface area contributed by atoms with Crippen molar-refractivity contribution in [2.75, 3.05) is 13.1 Å². The molecule has 1 unspecified atom stereocenters. The van der Waals surface area contributed by atoms with Crippen LogP contribution in [-0.2, 0) is 6.42 Å². The third-order valence-electron chi connectivity index (χ3n) is 4.63. The molecule has 0 radical (unpaired) electrons. The van der Waals surface area contributed by atoms with Crippen LogP contribution in [0.25, 0.3) is 0 Å². The third-order valence-corrected chi connectivity index (χ3v) is 4.63. The van der Waals surface area contributed by atoms with Crippen molar-refractivity contribution in [1.82, 2.24) is 15.6 Å². The highest BCUT2D eigenvalue weighted by Crippen LogP contribution is 2.33. The predicted octanol–water partition coefficient (Wildman–Crippen LogP) is 1.01. The van der Waals surface area contributed by atoms with E-state index in [0.717, 1.165) is 19.4 Å². The van der Waals surface area contributed by atoms with Gasteiger partial charge in [0.15, 0.2) is 5.78 Å². The van der Waals surface area contributed by atoms with E-state index >= 15 is 0 Å². The summed E-state index contributed by atoms with van der Waals surface area (Å²) in [7, 11) is 0. The highest BCUT2D eigenvalue weighted by Gasteiger charge is 2.32. The van der Waals surface area contributed by atoms with E-state index in [9.17, 15) is 14.4 Å². The van der Waals surface area contributed by atoms with Crippen molar-refractivity contribution in [3.05, 3.63) is 33.2 Å². The maximum absolute atomic E-state index is 12.3. The number of aromatic amines is 1. The molecule has 0 aromatic carbocycles. The van der Waals surface area contributed by atoms with Crippen LogP contribution in [0.4, 0.5) is 0 Å². The second kappa shape index (κ2) is 5.92. The van der Waals surface area contributed by atoms with Crippen LogP contribution in [0, 0.1) is 5.41 Å². The summed E-state index contributed by atoms with van der Waals surface area (Å²) in [4.78, 5) is 39.5. The molecule has 0 spiro atoms. The van der Waals surface area contributed by atoms with E-state index in [2.05, 4.69) is 15.6 Å².